The molecule has 0 saturated carbocycles. The summed E-state index contributed by atoms with van der Waals surface area (Å²) in [6, 6.07) is 6.30. The summed E-state index contributed by atoms with van der Waals surface area (Å²) in [5.74, 6) is 0.486. The highest BCUT2D eigenvalue weighted by Crippen LogP contribution is 2.11. The summed E-state index contributed by atoms with van der Waals surface area (Å²) in [7, 11) is 1.84. The number of nitrogens with one attached hydrogen (secondary N) is 1. The molecule has 0 spiro atoms. The molecule has 0 unspecified atom stereocenters. The van der Waals surface area contributed by atoms with Crippen LogP contribution >= 0.6 is 0 Å². The Labute approximate surface area is 105 Å². The molecule has 4 nitrogen and oxygen atoms in total. The van der Waals surface area contributed by atoms with Gasteiger partial charge in [0.25, 0.3) is 0 Å². The van der Waals surface area contributed by atoms with Crippen molar-refractivity contribution in [3.63, 3.8) is 0 Å². The van der Waals surface area contributed by atoms with Crippen molar-refractivity contribution < 1.29 is 4.39 Å². The molecule has 0 radical (unpaired) electrons. The van der Waals surface area contributed by atoms with E-state index in [1.54, 1.807) is 12.3 Å². The molecule has 0 fully saturated rings. The van der Waals surface area contributed by atoms with Gasteiger partial charge in [-0.2, -0.15) is 5.26 Å². The van der Waals surface area contributed by atoms with E-state index in [1.165, 1.54) is 12.1 Å². The molecule has 0 aliphatic rings. The zero-order valence-electron chi connectivity index (χ0n) is 10.0. The van der Waals surface area contributed by atoms with Crippen LogP contribution in [0, 0.1) is 17.1 Å². The van der Waals surface area contributed by atoms with Crippen LogP contribution in [0.4, 0.5) is 4.39 Å². The van der Waals surface area contributed by atoms with Gasteiger partial charge in [0, 0.05) is 18.9 Å². The molecular formula is C13H13FN4. The third kappa shape index (κ3) is 2.73. The van der Waals surface area contributed by atoms with Gasteiger partial charge < -0.3 is 9.88 Å². The molecule has 0 saturated heterocycles. The predicted molar refractivity (Wildman–Crippen MR) is 65.2 cm³/mol. The number of benzene rings is 1. The molecule has 18 heavy (non-hydrogen) atoms. The largest absolute Gasteiger partial charge is 0.329 e. The first-order valence-electron chi connectivity index (χ1n) is 5.57. The van der Waals surface area contributed by atoms with Crippen molar-refractivity contribution in [1.29, 1.82) is 5.26 Å². The third-order valence-corrected chi connectivity index (χ3v) is 2.58. The SMILES string of the molecule is CNCc1nccn1Cc1cc(F)cc(C#N)c1. The number of aromatic nitrogens is 2. The lowest BCUT2D eigenvalue weighted by atomic mass is 10.1. The van der Waals surface area contributed by atoms with Gasteiger partial charge in [-0.15, -0.1) is 0 Å². The summed E-state index contributed by atoms with van der Waals surface area (Å²) >= 11 is 0. The van der Waals surface area contributed by atoms with Crippen molar-refractivity contribution in [3.8, 4) is 6.07 Å². The zero-order valence-corrected chi connectivity index (χ0v) is 10.0. The second-order valence-electron chi connectivity index (χ2n) is 3.96. The molecule has 1 aromatic heterocycles. The zero-order chi connectivity index (χ0) is 13.0. The number of nitriles is 1. The Morgan fingerprint density at radius 3 is 3.00 bits per heavy atom. The molecule has 1 N–H and O–H groups in total. The Bertz CT molecular complexity index is 583. The van der Waals surface area contributed by atoms with E-state index in [-0.39, 0.29) is 5.82 Å². The molecular weight excluding hydrogens is 231 g/mol. The minimum atomic E-state index is -0.390. The number of hydrogen-bond donors (Lipinski definition) is 1. The fourth-order valence-electron chi connectivity index (χ4n) is 1.81. The van der Waals surface area contributed by atoms with Crippen molar-refractivity contribution in [1.82, 2.24) is 14.9 Å². The Morgan fingerprint density at radius 2 is 2.28 bits per heavy atom. The fraction of sp³-hybridized carbons (Fsp3) is 0.231. The minimum absolute atomic E-state index is 0.334. The van der Waals surface area contributed by atoms with Gasteiger partial charge in [0.2, 0.25) is 0 Å². The maximum absolute atomic E-state index is 13.3. The van der Waals surface area contributed by atoms with Gasteiger partial charge in [0.15, 0.2) is 0 Å². The van der Waals surface area contributed by atoms with Crippen LogP contribution < -0.4 is 5.32 Å². The average Bonchev–Trinajstić information content (AvgIpc) is 2.76. The van der Waals surface area contributed by atoms with E-state index in [9.17, 15) is 4.39 Å². The quantitative estimate of drug-likeness (QED) is 0.890. The molecule has 0 amide bonds. The molecule has 0 atom stereocenters. The molecule has 0 aliphatic heterocycles. The van der Waals surface area contributed by atoms with Crippen LogP contribution in [0.2, 0.25) is 0 Å². The summed E-state index contributed by atoms with van der Waals surface area (Å²) in [5, 5.41) is 11.8. The topological polar surface area (TPSA) is 53.6 Å². The van der Waals surface area contributed by atoms with Gasteiger partial charge in [-0.05, 0) is 30.8 Å². The van der Waals surface area contributed by atoms with E-state index in [1.807, 2.05) is 23.9 Å². The second kappa shape index (κ2) is 5.43. The monoisotopic (exact) mass is 244 g/mol. The van der Waals surface area contributed by atoms with E-state index in [4.69, 9.17) is 5.26 Å². The summed E-state index contributed by atoms with van der Waals surface area (Å²) in [5.41, 5.74) is 1.09. The van der Waals surface area contributed by atoms with E-state index in [0.29, 0.717) is 18.7 Å². The molecule has 0 aliphatic carbocycles. The third-order valence-electron chi connectivity index (χ3n) is 2.58. The molecule has 92 valence electrons. The normalized spacial score (nSPS) is 10.3. The van der Waals surface area contributed by atoms with Crippen molar-refractivity contribution >= 4 is 0 Å². The van der Waals surface area contributed by atoms with E-state index < -0.39 is 0 Å². The van der Waals surface area contributed by atoms with Crippen molar-refractivity contribution in [2.45, 2.75) is 13.1 Å². The smallest absolute Gasteiger partial charge is 0.124 e. The second-order valence-corrected chi connectivity index (χ2v) is 3.96. The summed E-state index contributed by atoms with van der Waals surface area (Å²) in [4.78, 5) is 4.21. The van der Waals surface area contributed by atoms with Crippen molar-refractivity contribution in [2.75, 3.05) is 7.05 Å². The minimum Gasteiger partial charge on any atom is -0.329 e. The lowest BCUT2D eigenvalue weighted by Crippen LogP contribution is -2.12. The summed E-state index contributed by atoms with van der Waals surface area (Å²) in [6.45, 7) is 1.15. The van der Waals surface area contributed by atoms with Crippen LogP contribution in [0.15, 0.2) is 30.6 Å². The van der Waals surface area contributed by atoms with Crippen LogP contribution in [0.5, 0.6) is 0 Å². The average molecular weight is 244 g/mol. The van der Waals surface area contributed by atoms with Gasteiger partial charge in [0.1, 0.15) is 11.6 Å². The van der Waals surface area contributed by atoms with Crippen molar-refractivity contribution in [2.24, 2.45) is 0 Å². The van der Waals surface area contributed by atoms with E-state index in [2.05, 4.69) is 10.3 Å². The van der Waals surface area contributed by atoms with E-state index in [0.717, 1.165) is 11.4 Å². The molecule has 0 bridgehead atoms. The Balaban J connectivity index is 2.26. The first kappa shape index (κ1) is 12.3. The highest BCUT2D eigenvalue weighted by molar-refractivity contribution is 5.33. The molecule has 5 heteroatoms. The maximum atomic E-state index is 13.3. The highest BCUT2D eigenvalue weighted by Gasteiger charge is 2.05. The number of imidazole rings is 1. The van der Waals surface area contributed by atoms with Gasteiger partial charge in [-0.1, -0.05) is 0 Å². The fourth-order valence-corrected chi connectivity index (χ4v) is 1.81. The van der Waals surface area contributed by atoms with Crippen molar-refractivity contribution in [3.05, 3.63) is 53.4 Å². The number of rotatable bonds is 4. The Kier molecular flexibility index (Phi) is 3.70. The summed E-state index contributed by atoms with van der Waals surface area (Å²) < 4.78 is 15.2. The molecule has 2 rings (SSSR count). The lowest BCUT2D eigenvalue weighted by molar-refractivity contribution is 0.620. The van der Waals surface area contributed by atoms with Gasteiger partial charge in [0.05, 0.1) is 18.2 Å². The maximum Gasteiger partial charge on any atom is 0.124 e. The molecule has 1 heterocycles. The Hall–Kier alpha value is -2.19. The van der Waals surface area contributed by atoms with Crippen LogP contribution in [-0.2, 0) is 13.1 Å². The molecule has 2 aromatic rings. The number of halogens is 1. The van der Waals surface area contributed by atoms with Crippen LogP contribution in [0.3, 0.4) is 0 Å². The number of nitrogens with zero attached hydrogens (tertiary/aromatic N) is 3. The number of hydrogen-bond acceptors (Lipinski definition) is 3. The van der Waals surface area contributed by atoms with Crippen LogP contribution in [-0.4, -0.2) is 16.6 Å². The van der Waals surface area contributed by atoms with Crippen LogP contribution in [0.1, 0.15) is 17.0 Å². The van der Waals surface area contributed by atoms with Gasteiger partial charge >= 0.3 is 0 Å². The molecule has 1 aromatic carbocycles. The Morgan fingerprint density at radius 1 is 1.44 bits per heavy atom. The first-order chi connectivity index (χ1) is 8.72. The van der Waals surface area contributed by atoms with Gasteiger partial charge in [-0.3, -0.25) is 0 Å². The van der Waals surface area contributed by atoms with Gasteiger partial charge in [-0.25, -0.2) is 9.37 Å². The standard InChI is InChI=1S/C13H13FN4/c1-16-8-13-17-2-3-18(13)9-11-4-10(7-15)5-12(14)6-11/h2-6,16H,8-9H2,1H3. The predicted octanol–water partition coefficient (Wildman–Crippen LogP) is 1.66. The lowest BCUT2D eigenvalue weighted by Gasteiger charge is -2.08. The summed E-state index contributed by atoms with van der Waals surface area (Å²) in [6.07, 6.45) is 3.54. The first-order valence-corrected chi connectivity index (χ1v) is 5.57. The highest BCUT2D eigenvalue weighted by atomic mass is 19.1. The van der Waals surface area contributed by atoms with Crippen LogP contribution in [0.25, 0.3) is 0 Å². The van der Waals surface area contributed by atoms with E-state index >= 15 is 0 Å².